The van der Waals surface area contributed by atoms with Crippen LogP contribution in [0.25, 0.3) is 49.8 Å². The Bertz CT molecular complexity index is 1520. The summed E-state index contributed by atoms with van der Waals surface area (Å²) in [6, 6.07) is 32.9. The smallest absolute Gasteiger partial charge is 0.0541 e. The molecule has 160 valence electrons. The van der Waals surface area contributed by atoms with Crippen LogP contribution in [0.4, 0.5) is 0 Å². The van der Waals surface area contributed by atoms with E-state index in [9.17, 15) is 0 Å². The number of aryl methyl sites for hydroxylation is 1. The number of para-hydroxylation sites is 1. The van der Waals surface area contributed by atoms with E-state index in [2.05, 4.69) is 121 Å². The summed E-state index contributed by atoms with van der Waals surface area (Å²) < 4.78 is 2.30. The summed E-state index contributed by atoms with van der Waals surface area (Å²) in [5.74, 6) is 0. The number of benzene rings is 4. The maximum atomic E-state index is 4.07. The Hall–Kier alpha value is -4.10. The van der Waals surface area contributed by atoms with Gasteiger partial charge in [0.1, 0.15) is 0 Å². The van der Waals surface area contributed by atoms with Crippen molar-refractivity contribution in [3.05, 3.63) is 127 Å². The maximum absolute atomic E-state index is 4.07. The van der Waals surface area contributed by atoms with Crippen LogP contribution in [0, 0.1) is 6.92 Å². The lowest BCUT2D eigenvalue weighted by Crippen LogP contribution is -1.93. The van der Waals surface area contributed by atoms with Gasteiger partial charge in [-0.15, -0.1) is 0 Å². The molecule has 0 aliphatic heterocycles. The van der Waals surface area contributed by atoms with E-state index >= 15 is 0 Å². The van der Waals surface area contributed by atoms with Crippen LogP contribution in [-0.4, -0.2) is 4.57 Å². The molecule has 0 atom stereocenters. The van der Waals surface area contributed by atoms with Gasteiger partial charge in [0.25, 0.3) is 0 Å². The molecule has 1 aromatic heterocycles. The fraction of sp³-hybridized carbons (Fsp3) is 0.0625. The molecule has 0 amide bonds. The third kappa shape index (κ3) is 3.83. The zero-order valence-corrected chi connectivity index (χ0v) is 19.1. The Balaban J connectivity index is 1.69. The van der Waals surface area contributed by atoms with Crippen LogP contribution in [0.5, 0.6) is 0 Å². The van der Waals surface area contributed by atoms with Crippen molar-refractivity contribution in [1.29, 1.82) is 0 Å². The first-order valence-corrected chi connectivity index (χ1v) is 11.4. The van der Waals surface area contributed by atoms with Gasteiger partial charge in [-0.05, 0) is 72.5 Å². The maximum Gasteiger partial charge on any atom is 0.0541 e. The monoisotopic (exact) mass is 425 g/mol. The second-order valence-corrected chi connectivity index (χ2v) is 8.35. The number of hydrogen-bond donors (Lipinski definition) is 0. The predicted octanol–water partition coefficient (Wildman–Crippen LogP) is 9.04. The number of fused-ring (bicyclic) bond motifs is 3. The normalized spacial score (nSPS) is 12.1. The molecule has 5 rings (SSSR count). The Kier molecular flexibility index (Phi) is 5.54. The van der Waals surface area contributed by atoms with Crippen molar-refractivity contribution in [2.24, 2.45) is 0 Å². The molecule has 5 aromatic rings. The van der Waals surface area contributed by atoms with Gasteiger partial charge in [0.05, 0.1) is 11.0 Å². The molecule has 1 heterocycles. The van der Waals surface area contributed by atoms with E-state index in [0.29, 0.717) is 0 Å². The summed E-state index contributed by atoms with van der Waals surface area (Å²) in [4.78, 5) is 0. The molecule has 0 bridgehead atoms. The molecule has 33 heavy (non-hydrogen) atoms. The van der Waals surface area contributed by atoms with Gasteiger partial charge < -0.3 is 4.57 Å². The summed E-state index contributed by atoms with van der Waals surface area (Å²) >= 11 is 0. The minimum absolute atomic E-state index is 1.06. The fourth-order valence-electron chi connectivity index (χ4n) is 4.48. The van der Waals surface area contributed by atoms with E-state index in [0.717, 1.165) is 5.70 Å². The Morgan fingerprint density at radius 1 is 0.697 bits per heavy atom. The van der Waals surface area contributed by atoms with Gasteiger partial charge >= 0.3 is 0 Å². The van der Waals surface area contributed by atoms with Crippen molar-refractivity contribution in [3.8, 4) is 22.3 Å². The van der Waals surface area contributed by atoms with Crippen molar-refractivity contribution in [3.63, 3.8) is 0 Å². The van der Waals surface area contributed by atoms with Crippen molar-refractivity contribution >= 4 is 27.5 Å². The molecule has 0 aliphatic rings. The van der Waals surface area contributed by atoms with E-state index in [4.69, 9.17) is 0 Å². The lowest BCUT2D eigenvalue weighted by atomic mass is 9.97. The highest BCUT2D eigenvalue weighted by molar-refractivity contribution is 6.11. The highest BCUT2D eigenvalue weighted by Crippen LogP contribution is 2.35. The van der Waals surface area contributed by atoms with Gasteiger partial charge in [-0.2, -0.15) is 0 Å². The molecule has 0 fully saturated rings. The molecular weight excluding hydrogens is 398 g/mol. The van der Waals surface area contributed by atoms with Gasteiger partial charge in [-0.25, -0.2) is 0 Å². The molecule has 1 heteroatoms. The quantitative estimate of drug-likeness (QED) is 0.248. The zero-order valence-electron chi connectivity index (χ0n) is 19.1. The standard InChI is InChI=1S/C32H27N/c1-4-6-12-28(5-2)33-31-14-8-7-13-29(31)30-22-27(19-20-32(30)33)26-11-9-10-25(21-26)24-17-15-23(3)16-18-24/h4-22H,2H2,1,3H3/b6-4-,28-12+. The van der Waals surface area contributed by atoms with E-state index in [1.165, 1.54) is 49.6 Å². The van der Waals surface area contributed by atoms with Gasteiger partial charge in [-0.3, -0.25) is 0 Å². The highest BCUT2D eigenvalue weighted by atomic mass is 15.0. The number of hydrogen-bond acceptors (Lipinski definition) is 0. The fourth-order valence-corrected chi connectivity index (χ4v) is 4.48. The van der Waals surface area contributed by atoms with Crippen LogP contribution >= 0.6 is 0 Å². The van der Waals surface area contributed by atoms with Crippen LogP contribution < -0.4 is 0 Å². The lowest BCUT2D eigenvalue weighted by Gasteiger charge is -2.09. The van der Waals surface area contributed by atoms with Crippen LogP contribution in [0.1, 0.15) is 12.5 Å². The topological polar surface area (TPSA) is 4.93 Å². The van der Waals surface area contributed by atoms with Crippen molar-refractivity contribution in [2.75, 3.05) is 0 Å². The lowest BCUT2D eigenvalue weighted by molar-refractivity contribution is 1.24. The summed E-state index contributed by atoms with van der Waals surface area (Å²) in [7, 11) is 0. The first-order valence-electron chi connectivity index (χ1n) is 11.4. The molecule has 0 aliphatic carbocycles. The first-order chi connectivity index (χ1) is 16.2. The number of allylic oxidation sites excluding steroid dienone is 5. The zero-order chi connectivity index (χ0) is 22.8. The second kappa shape index (κ2) is 8.80. The summed E-state index contributed by atoms with van der Waals surface area (Å²) in [5, 5.41) is 2.49. The molecule has 4 aromatic carbocycles. The first kappa shape index (κ1) is 20.8. The number of aromatic nitrogens is 1. The van der Waals surface area contributed by atoms with Crippen molar-refractivity contribution in [2.45, 2.75) is 13.8 Å². The third-order valence-electron chi connectivity index (χ3n) is 6.18. The summed E-state index contributed by atoms with van der Waals surface area (Å²) in [6.07, 6.45) is 8.13. The van der Waals surface area contributed by atoms with Crippen LogP contribution in [0.3, 0.4) is 0 Å². The van der Waals surface area contributed by atoms with E-state index in [1.807, 2.05) is 19.1 Å². The average molecular weight is 426 g/mol. The van der Waals surface area contributed by atoms with Gasteiger partial charge in [0, 0.05) is 16.5 Å². The van der Waals surface area contributed by atoms with Crippen molar-refractivity contribution in [1.82, 2.24) is 4.57 Å². The molecule has 1 nitrogen and oxygen atoms in total. The highest BCUT2D eigenvalue weighted by Gasteiger charge is 2.13. The average Bonchev–Trinajstić information content (AvgIpc) is 3.19. The minimum Gasteiger partial charge on any atom is -0.309 e. The molecule has 0 unspecified atom stereocenters. The van der Waals surface area contributed by atoms with Crippen LogP contribution in [0.15, 0.2) is 122 Å². The summed E-state index contributed by atoms with van der Waals surface area (Å²) in [6.45, 7) is 8.22. The minimum atomic E-state index is 1.06. The van der Waals surface area contributed by atoms with Crippen molar-refractivity contribution < 1.29 is 0 Å². The van der Waals surface area contributed by atoms with E-state index < -0.39 is 0 Å². The predicted molar refractivity (Wildman–Crippen MR) is 144 cm³/mol. The molecular formula is C32H27N. The van der Waals surface area contributed by atoms with Gasteiger partial charge in [0.15, 0.2) is 0 Å². The number of rotatable bonds is 5. The molecule has 0 saturated carbocycles. The molecule has 0 saturated heterocycles. The van der Waals surface area contributed by atoms with Crippen LogP contribution in [-0.2, 0) is 0 Å². The SMILES string of the molecule is C=C/C(=C\C=C/C)n1c2ccccc2c2cc(-c3cccc(-c4ccc(C)cc4)c3)ccc21. The largest absolute Gasteiger partial charge is 0.309 e. The Morgan fingerprint density at radius 3 is 2.12 bits per heavy atom. The third-order valence-corrected chi connectivity index (χ3v) is 6.18. The van der Waals surface area contributed by atoms with E-state index in [-0.39, 0.29) is 0 Å². The van der Waals surface area contributed by atoms with Gasteiger partial charge in [-0.1, -0.05) is 91.0 Å². The summed E-state index contributed by atoms with van der Waals surface area (Å²) in [5.41, 5.74) is 9.63. The molecule has 0 N–H and O–H groups in total. The van der Waals surface area contributed by atoms with E-state index in [1.54, 1.807) is 0 Å². The Labute approximate surface area is 195 Å². The number of nitrogens with zero attached hydrogens (tertiary/aromatic N) is 1. The second-order valence-electron chi connectivity index (χ2n) is 8.35. The molecule has 0 spiro atoms. The van der Waals surface area contributed by atoms with Crippen LogP contribution in [0.2, 0.25) is 0 Å². The Morgan fingerprint density at radius 2 is 1.36 bits per heavy atom. The van der Waals surface area contributed by atoms with Gasteiger partial charge in [0.2, 0.25) is 0 Å². The molecule has 0 radical (unpaired) electrons.